The lowest BCUT2D eigenvalue weighted by atomic mass is 9.86. The van der Waals surface area contributed by atoms with Crippen LogP contribution in [0.3, 0.4) is 0 Å². The number of rotatable bonds is 4. The predicted molar refractivity (Wildman–Crippen MR) is 82.5 cm³/mol. The van der Waals surface area contributed by atoms with Gasteiger partial charge in [0.25, 0.3) is 0 Å². The molecule has 0 spiro atoms. The second-order valence-corrected chi connectivity index (χ2v) is 5.79. The van der Waals surface area contributed by atoms with E-state index in [-0.39, 0.29) is 5.82 Å². The molecule has 3 heteroatoms. The molecule has 0 aliphatic rings. The maximum atomic E-state index is 13.3. The van der Waals surface area contributed by atoms with Crippen LogP contribution in [0.15, 0.2) is 42.5 Å². The first-order chi connectivity index (χ1) is 9.42. The van der Waals surface area contributed by atoms with Crippen LogP contribution in [0.1, 0.15) is 30.5 Å². The zero-order chi connectivity index (χ0) is 14.8. The summed E-state index contributed by atoms with van der Waals surface area (Å²) in [5, 5.41) is 0.549. The summed E-state index contributed by atoms with van der Waals surface area (Å²) in [6, 6.07) is 12.6. The highest BCUT2D eigenvalue weighted by Gasteiger charge is 2.23. The van der Waals surface area contributed by atoms with Crippen molar-refractivity contribution < 1.29 is 4.39 Å². The van der Waals surface area contributed by atoms with Crippen molar-refractivity contribution in [3.8, 4) is 0 Å². The molecule has 0 saturated carbocycles. The van der Waals surface area contributed by atoms with Gasteiger partial charge in [0.1, 0.15) is 5.82 Å². The van der Waals surface area contributed by atoms with Gasteiger partial charge in [-0.25, -0.2) is 4.39 Å². The van der Waals surface area contributed by atoms with Crippen LogP contribution in [0.5, 0.6) is 0 Å². The fourth-order valence-electron chi connectivity index (χ4n) is 2.30. The minimum Gasteiger partial charge on any atom is -0.321 e. The largest absolute Gasteiger partial charge is 0.321 e. The number of halogens is 2. The van der Waals surface area contributed by atoms with Crippen molar-refractivity contribution in [3.63, 3.8) is 0 Å². The summed E-state index contributed by atoms with van der Waals surface area (Å²) in [5.74, 6) is -0.290. The minimum absolute atomic E-state index is 0.290. The first kappa shape index (κ1) is 15.0. The first-order valence-corrected chi connectivity index (χ1v) is 7.12. The zero-order valence-corrected chi connectivity index (χ0v) is 12.5. The van der Waals surface area contributed by atoms with Crippen LogP contribution in [-0.2, 0) is 18.4 Å². The summed E-state index contributed by atoms with van der Waals surface area (Å²) >= 11 is 6.12. The Hall–Kier alpha value is -1.38. The van der Waals surface area contributed by atoms with E-state index >= 15 is 0 Å². The molecular weight excluding hydrogens is 273 g/mol. The highest BCUT2D eigenvalue weighted by atomic mass is 35.5. The lowest BCUT2D eigenvalue weighted by Gasteiger charge is -2.26. The molecule has 1 unspecified atom stereocenters. The molecule has 2 aromatic rings. The Balaban J connectivity index is 2.27. The molecule has 0 aliphatic heterocycles. The molecule has 2 N–H and O–H groups in total. The predicted octanol–water partition coefficient (Wildman–Crippen LogP) is 4.46. The van der Waals surface area contributed by atoms with Gasteiger partial charge in [-0.2, -0.15) is 0 Å². The van der Waals surface area contributed by atoms with E-state index in [0.717, 1.165) is 17.5 Å². The topological polar surface area (TPSA) is 26.0 Å². The van der Waals surface area contributed by atoms with E-state index in [2.05, 4.69) is 19.1 Å². The first-order valence-electron chi connectivity index (χ1n) is 6.74. The van der Waals surface area contributed by atoms with Gasteiger partial charge in [0.2, 0.25) is 0 Å². The highest BCUT2D eigenvalue weighted by Crippen LogP contribution is 2.27. The zero-order valence-electron chi connectivity index (χ0n) is 11.8. The van der Waals surface area contributed by atoms with Gasteiger partial charge in [-0.15, -0.1) is 0 Å². The SMILES string of the molecule is CCc1ccc(C(C)(N)Cc2cc(F)ccc2Cl)cc1. The molecule has 2 aromatic carbocycles. The molecule has 0 heterocycles. The van der Waals surface area contributed by atoms with Crippen LogP contribution in [0.25, 0.3) is 0 Å². The van der Waals surface area contributed by atoms with E-state index in [4.69, 9.17) is 17.3 Å². The molecule has 0 bridgehead atoms. The maximum Gasteiger partial charge on any atom is 0.123 e. The van der Waals surface area contributed by atoms with Crippen molar-refractivity contribution in [1.29, 1.82) is 0 Å². The third-order valence-electron chi connectivity index (χ3n) is 3.59. The Labute approximate surface area is 124 Å². The van der Waals surface area contributed by atoms with Gasteiger partial charge < -0.3 is 5.73 Å². The standard InChI is InChI=1S/C17H19ClFN/c1-3-12-4-6-14(7-5-12)17(2,20)11-13-10-15(19)8-9-16(13)18/h4-10H,3,11,20H2,1-2H3. The second-order valence-electron chi connectivity index (χ2n) is 5.38. The third-order valence-corrected chi connectivity index (χ3v) is 3.96. The Kier molecular flexibility index (Phi) is 4.46. The monoisotopic (exact) mass is 291 g/mol. The Morgan fingerprint density at radius 1 is 1.15 bits per heavy atom. The van der Waals surface area contributed by atoms with E-state index in [1.165, 1.54) is 17.7 Å². The van der Waals surface area contributed by atoms with E-state index < -0.39 is 5.54 Å². The molecule has 0 aromatic heterocycles. The summed E-state index contributed by atoms with van der Waals surface area (Å²) in [7, 11) is 0. The van der Waals surface area contributed by atoms with Crippen LogP contribution in [0, 0.1) is 5.82 Å². The van der Waals surface area contributed by atoms with E-state index in [0.29, 0.717) is 11.4 Å². The summed E-state index contributed by atoms with van der Waals surface area (Å²) in [6.07, 6.45) is 1.49. The molecule has 0 radical (unpaired) electrons. The van der Waals surface area contributed by atoms with Crippen LogP contribution >= 0.6 is 11.6 Å². The smallest absolute Gasteiger partial charge is 0.123 e. The number of hydrogen-bond donors (Lipinski definition) is 1. The number of benzene rings is 2. The molecule has 106 valence electrons. The van der Waals surface area contributed by atoms with E-state index in [1.807, 2.05) is 19.1 Å². The summed E-state index contributed by atoms with van der Waals surface area (Å²) < 4.78 is 13.3. The Bertz CT molecular complexity index is 590. The summed E-state index contributed by atoms with van der Waals surface area (Å²) in [6.45, 7) is 4.05. The average molecular weight is 292 g/mol. The van der Waals surface area contributed by atoms with Crippen molar-refractivity contribution in [1.82, 2.24) is 0 Å². The molecular formula is C17H19ClFN. The van der Waals surface area contributed by atoms with Gasteiger partial charge in [-0.1, -0.05) is 42.8 Å². The Morgan fingerprint density at radius 3 is 2.40 bits per heavy atom. The normalized spacial score (nSPS) is 14.1. The van der Waals surface area contributed by atoms with Crippen LogP contribution in [0.2, 0.25) is 5.02 Å². The molecule has 0 aliphatic carbocycles. The minimum atomic E-state index is -0.580. The van der Waals surface area contributed by atoms with Crippen LogP contribution < -0.4 is 5.73 Å². The fourth-order valence-corrected chi connectivity index (χ4v) is 2.48. The number of hydrogen-bond acceptors (Lipinski definition) is 1. The van der Waals surface area contributed by atoms with Crippen molar-refractivity contribution in [2.24, 2.45) is 5.73 Å². The van der Waals surface area contributed by atoms with Crippen molar-refractivity contribution in [2.75, 3.05) is 0 Å². The molecule has 1 atom stereocenters. The van der Waals surface area contributed by atoms with E-state index in [9.17, 15) is 4.39 Å². The van der Waals surface area contributed by atoms with Crippen LogP contribution in [-0.4, -0.2) is 0 Å². The number of nitrogens with two attached hydrogens (primary N) is 1. The van der Waals surface area contributed by atoms with Gasteiger partial charge in [0, 0.05) is 10.6 Å². The van der Waals surface area contributed by atoms with Gasteiger partial charge in [-0.3, -0.25) is 0 Å². The average Bonchev–Trinajstić information content (AvgIpc) is 2.43. The molecule has 0 fully saturated rings. The van der Waals surface area contributed by atoms with Crippen LogP contribution in [0.4, 0.5) is 4.39 Å². The van der Waals surface area contributed by atoms with Crippen molar-refractivity contribution in [2.45, 2.75) is 32.2 Å². The lowest BCUT2D eigenvalue weighted by molar-refractivity contribution is 0.489. The van der Waals surface area contributed by atoms with Gasteiger partial charge >= 0.3 is 0 Å². The Morgan fingerprint density at radius 2 is 1.80 bits per heavy atom. The summed E-state index contributed by atoms with van der Waals surface area (Å²) in [4.78, 5) is 0. The second kappa shape index (κ2) is 5.94. The lowest BCUT2D eigenvalue weighted by Crippen LogP contribution is -2.35. The molecule has 2 rings (SSSR count). The molecule has 1 nitrogen and oxygen atoms in total. The van der Waals surface area contributed by atoms with Crippen molar-refractivity contribution in [3.05, 3.63) is 70.0 Å². The maximum absolute atomic E-state index is 13.3. The van der Waals surface area contributed by atoms with E-state index in [1.54, 1.807) is 6.07 Å². The van der Waals surface area contributed by atoms with Gasteiger partial charge in [0.05, 0.1) is 0 Å². The third kappa shape index (κ3) is 3.38. The quantitative estimate of drug-likeness (QED) is 0.884. The highest BCUT2D eigenvalue weighted by molar-refractivity contribution is 6.31. The number of aryl methyl sites for hydroxylation is 1. The van der Waals surface area contributed by atoms with Gasteiger partial charge in [-0.05, 0) is 54.7 Å². The molecule has 0 amide bonds. The van der Waals surface area contributed by atoms with Crippen molar-refractivity contribution >= 4 is 11.6 Å². The molecule has 20 heavy (non-hydrogen) atoms. The summed E-state index contributed by atoms with van der Waals surface area (Å²) in [5.41, 5.74) is 8.85. The van der Waals surface area contributed by atoms with Gasteiger partial charge in [0.15, 0.2) is 0 Å². The fraction of sp³-hybridized carbons (Fsp3) is 0.294. The molecule has 0 saturated heterocycles.